The van der Waals surface area contributed by atoms with Crippen molar-refractivity contribution in [3.8, 4) is 17.0 Å². The molecular weight excluding hydrogens is 430 g/mol. The Hall–Kier alpha value is -3.88. The molecule has 0 saturated heterocycles. The Morgan fingerprint density at radius 1 is 1.21 bits per heavy atom. The van der Waals surface area contributed by atoms with E-state index in [1.807, 2.05) is 42.6 Å². The predicted octanol–water partition coefficient (Wildman–Crippen LogP) is 3.90. The van der Waals surface area contributed by atoms with E-state index in [2.05, 4.69) is 38.2 Å². The average molecular weight is 458 g/mol. The topological polar surface area (TPSA) is 80.1 Å². The number of amides is 1. The first-order chi connectivity index (χ1) is 16.6. The standard InChI is InChI=1S/C26H27N5O3/c1-30(13-14-33-2)26(32)18-3-6-21(7-4-18)29-22-8-9-23(31-12-11-28-25(22)31)19-5-10-24-20(15-19)16-27-17-34-24/h3-12,15,27,29H,13-14,16-17H2,1-2H3. The van der Waals surface area contributed by atoms with Crippen molar-refractivity contribution in [3.63, 3.8) is 0 Å². The van der Waals surface area contributed by atoms with Gasteiger partial charge in [-0.3, -0.25) is 14.5 Å². The summed E-state index contributed by atoms with van der Waals surface area (Å²) in [6.07, 6.45) is 3.76. The van der Waals surface area contributed by atoms with Gasteiger partial charge in [0.25, 0.3) is 5.91 Å². The van der Waals surface area contributed by atoms with Crippen LogP contribution in [-0.4, -0.2) is 54.2 Å². The third kappa shape index (κ3) is 4.33. The second-order valence-electron chi connectivity index (χ2n) is 8.21. The summed E-state index contributed by atoms with van der Waals surface area (Å²) >= 11 is 0. The summed E-state index contributed by atoms with van der Waals surface area (Å²) in [6, 6.07) is 17.8. The molecule has 1 amide bonds. The Balaban J connectivity index is 1.38. The maximum atomic E-state index is 12.5. The van der Waals surface area contributed by atoms with Gasteiger partial charge in [0.15, 0.2) is 5.65 Å². The summed E-state index contributed by atoms with van der Waals surface area (Å²) in [5, 5.41) is 6.67. The van der Waals surface area contributed by atoms with Gasteiger partial charge in [-0.25, -0.2) is 4.98 Å². The van der Waals surface area contributed by atoms with Crippen molar-refractivity contribution in [3.05, 3.63) is 78.1 Å². The van der Waals surface area contributed by atoms with Crippen molar-refractivity contribution in [2.24, 2.45) is 0 Å². The van der Waals surface area contributed by atoms with Gasteiger partial charge in [-0.2, -0.15) is 0 Å². The lowest BCUT2D eigenvalue weighted by molar-refractivity contribution is 0.0744. The molecule has 0 saturated carbocycles. The molecule has 8 heteroatoms. The number of rotatable bonds is 7. The van der Waals surface area contributed by atoms with Crippen molar-refractivity contribution in [2.45, 2.75) is 6.54 Å². The molecule has 1 aliphatic rings. The highest BCUT2D eigenvalue weighted by Gasteiger charge is 2.15. The van der Waals surface area contributed by atoms with Crippen molar-refractivity contribution < 1.29 is 14.3 Å². The number of nitrogens with one attached hydrogen (secondary N) is 2. The molecule has 34 heavy (non-hydrogen) atoms. The van der Waals surface area contributed by atoms with Gasteiger partial charge in [-0.15, -0.1) is 0 Å². The molecular formula is C26H27N5O3. The van der Waals surface area contributed by atoms with E-state index in [9.17, 15) is 4.79 Å². The minimum atomic E-state index is -0.0331. The summed E-state index contributed by atoms with van der Waals surface area (Å²) in [5.41, 5.74) is 6.51. The fourth-order valence-electron chi connectivity index (χ4n) is 4.08. The highest BCUT2D eigenvalue weighted by atomic mass is 16.5. The van der Waals surface area contributed by atoms with Crippen LogP contribution in [0.3, 0.4) is 0 Å². The molecule has 0 spiro atoms. The van der Waals surface area contributed by atoms with Gasteiger partial charge in [-0.05, 0) is 60.2 Å². The second-order valence-corrected chi connectivity index (χ2v) is 8.21. The lowest BCUT2D eigenvalue weighted by Gasteiger charge is -2.19. The van der Waals surface area contributed by atoms with Gasteiger partial charge < -0.3 is 19.7 Å². The molecule has 0 radical (unpaired) electrons. The number of nitrogens with zero attached hydrogens (tertiary/aromatic N) is 3. The third-order valence-electron chi connectivity index (χ3n) is 5.94. The van der Waals surface area contributed by atoms with E-state index >= 15 is 0 Å². The minimum Gasteiger partial charge on any atom is -0.478 e. The number of pyridine rings is 1. The van der Waals surface area contributed by atoms with E-state index in [0.29, 0.717) is 25.4 Å². The van der Waals surface area contributed by atoms with E-state index in [1.54, 1.807) is 25.3 Å². The van der Waals surface area contributed by atoms with Crippen molar-refractivity contribution >= 4 is 22.9 Å². The minimum absolute atomic E-state index is 0.0331. The van der Waals surface area contributed by atoms with E-state index < -0.39 is 0 Å². The van der Waals surface area contributed by atoms with Crippen molar-refractivity contribution in [1.29, 1.82) is 0 Å². The van der Waals surface area contributed by atoms with Crippen LogP contribution in [0.1, 0.15) is 15.9 Å². The number of carbonyl (C=O) groups is 1. The molecule has 4 aromatic rings. The van der Waals surface area contributed by atoms with E-state index in [0.717, 1.165) is 46.1 Å². The molecule has 8 nitrogen and oxygen atoms in total. The number of likely N-dealkylation sites (N-methyl/N-ethyl adjacent to an activating group) is 1. The quantitative estimate of drug-likeness (QED) is 0.438. The molecule has 2 aromatic carbocycles. The summed E-state index contributed by atoms with van der Waals surface area (Å²) in [5.74, 6) is 0.892. The van der Waals surface area contributed by atoms with E-state index in [-0.39, 0.29) is 5.91 Å². The number of benzene rings is 2. The van der Waals surface area contributed by atoms with Gasteiger partial charge in [0, 0.05) is 56.5 Å². The fraction of sp³-hybridized carbons (Fsp3) is 0.231. The maximum absolute atomic E-state index is 12.5. The van der Waals surface area contributed by atoms with E-state index in [4.69, 9.17) is 9.47 Å². The van der Waals surface area contributed by atoms with Crippen LogP contribution in [-0.2, 0) is 11.3 Å². The molecule has 3 heterocycles. The van der Waals surface area contributed by atoms with Crippen LogP contribution in [0.5, 0.6) is 5.75 Å². The van der Waals surface area contributed by atoms with Crippen molar-refractivity contribution in [2.75, 3.05) is 39.4 Å². The number of anilines is 2. The highest BCUT2D eigenvalue weighted by Crippen LogP contribution is 2.31. The van der Waals surface area contributed by atoms with E-state index in [1.165, 1.54) is 0 Å². The zero-order valence-electron chi connectivity index (χ0n) is 19.2. The molecule has 0 aliphatic carbocycles. The van der Waals surface area contributed by atoms with Crippen LogP contribution in [0.15, 0.2) is 67.0 Å². The van der Waals surface area contributed by atoms with Crippen LogP contribution in [0.4, 0.5) is 11.4 Å². The molecule has 2 N–H and O–H groups in total. The SMILES string of the molecule is COCCN(C)C(=O)c1ccc(Nc2ccc(-c3ccc4c(c3)CNCO4)n3ccnc23)cc1. The Kier molecular flexibility index (Phi) is 6.16. The van der Waals surface area contributed by atoms with Crippen LogP contribution in [0, 0.1) is 0 Å². The normalized spacial score (nSPS) is 12.8. The highest BCUT2D eigenvalue weighted by molar-refractivity contribution is 5.94. The lowest BCUT2D eigenvalue weighted by Crippen LogP contribution is -2.29. The number of imidazole rings is 1. The molecule has 5 rings (SSSR count). The van der Waals surface area contributed by atoms with Crippen LogP contribution in [0.25, 0.3) is 16.9 Å². The number of methoxy groups -OCH3 is 1. The van der Waals surface area contributed by atoms with Crippen LogP contribution >= 0.6 is 0 Å². The summed E-state index contributed by atoms with van der Waals surface area (Å²) < 4.78 is 12.8. The Morgan fingerprint density at radius 3 is 2.88 bits per heavy atom. The molecule has 174 valence electrons. The van der Waals surface area contributed by atoms with Gasteiger partial charge in [0.2, 0.25) is 0 Å². The Bertz CT molecular complexity index is 1320. The van der Waals surface area contributed by atoms with Crippen molar-refractivity contribution in [1.82, 2.24) is 19.6 Å². The summed E-state index contributed by atoms with van der Waals surface area (Å²) in [6.45, 7) is 2.39. The largest absolute Gasteiger partial charge is 0.478 e. The molecule has 2 aromatic heterocycles. The number of aromatic nitrogens is 2. The molecule has 0 fully saturated rings. The smallest absolute Gasteiger partial charge is 0.253 e. The number of hydrogen-bond donors (Lipinski definition) is 2. The number of ether oxygens (including phenoxy) is 2. The predicted molar refractivity (Wildman–Crippen MR) is 132 cm³/mol. The fourth-order valence-corrected chi connectivity index (χ4v) is 4.08. The molecule has 1 aliphatic heterocycles. The number of carbonyl (C=O) groups excluding carboxylic acids is 1. The van der Waals surface area contributed by atoms with Gasteiger partial charge in [0.1, 0.15) is 12.5 Å². The van der Waals surface area contributed by atoms with Gasteiger partial charge >= 0.3 is 0 Å². The summed E-state index contributed by atoms with van der Waals surface area (Å²) in [4.78, 5) is 18.8. The first-order valence-electron chi connectivity index (χ1n) is 11.2. The first kappa shape index (κ1) is 21.9. The maximum Gasteiger partial charge on any atom is 0.253 e. The third-order valence-corrected chi connectivity index (χ3v) is 5.94. The molecule has 0 unspecified atom stereocenters. The second kappa shape index (κ2) is 9.54. The average Bonchev–Trinajstić information content (AvgIpc) is 3.38. The molecule has 0 atom stereocenters. The monoisotopic (exact) mass is 457 g/mol. The first-order valence-corrected chi connectivity index (χ1v) is 11.2. The zero-order valence-corrected chi connectivity index (χ0v) is 19.2. The summed E-state index contributed by atoms with van der Waals surface area (Å²) in [7, 11) is 3.40. The number of fused-ring (bicyclic) bond motifs is 2. The Labute approximate surface area is 198 Å². The van der Waals surface area contributed by atoms with Crippen LogP contribution < -0.4 is 15.4 Å². The van der Waals surface area contributed by atoms with Crippen LogP contribution in [0.2, 0.25) is 0 Å². The number of hydrogen-bond acceptors (Lipinski definition) is 6. The van der Waals surface area contributed by atoms with Gasteiger partial charge in [0.05, 0.1) is 18.0 Å². The lowest BCUT2D eigenvalue weighted by atomic mass is 10.1. The van der Waals surface area contributed by atoms with Gasteiger partial charge in [-0.1, -0.05) is 0 Å². The zero-order chi connectivity index (χ0) is 23.5. The Morgan fingerprint density at radius 2 is 2.06 bits per heavy atom. The molecule has 0 bridgehead atoms.